The summed E-state index contributed by atoms with van der Waals surface area (Å²) in [5.41, 5.74) is 1.48. The van der Waals surface area contributed by atoms with E-state index in [1.54, 1.807) is 12.3 Å². The second-order valence-electron chi connectivity index (χ2n) is 7.77. The fourth-order valence-corrected chi connectivity index (χ4v) is 4.19. The summed E-state index contributed by atoms with van der Waals surface area (Å²) in [6.45, 7) is 8.96. The van der Waals surface area contributed by atoms with Crippen LogP contribution in [-0.2, 0) is 6.54 Å². The number of hydrogen-bond donors (Lipinski definition) is 1. The third-order valence-electron chi connectivity index (χ3n) is 5.69. The minimum absolute atomic E-state index is 0.0353. The molecule has 28 heavy (non-hydrogen) atoms. The van der Waals surface area contributed by atoms with Gasteiger partial charge in [-0.25, -0.2) is 0 Å². The minimum atomic E-state index is -0.0353. The number of hydrogen-bond acceptors (Lipinski definition) is 5. The Balaban J connectivity index is 1.83. The van der Waals surface area contributed by atoms with E-state index in [9.17, 15) is 4.79 Å². The maximum absolute atomic E-state index is 13.3. The van der Waals surface area contributed by atoms with Gasteiger partial charge in [0, 0.05) is 25.2 Å². The van der Waals surface area contributed by atoms with Crippen LogP contribution in [0, 0.1) is 0 Å². The van der Waals surface area contributed by atoms with E-state index in [0.29, 0.717) is 29.7 Å². The number of fused-ring (bicyclic) bond motifs is 1. The van der Waals surface area contributed by atoms with Gasteiger partial charge in [-0.1, -0.05) is 37.3 Å². The van der Waals surface area contributed by atoms with E-state index in [0.717, 1.165) is 30.9 Å². The number of nitrogens with one attached hydrogen (secondary N) is 1. The SMILES string of the molecule is CCC(c1nc2occc2c(=O)n1Cc1ccccc1)N1CC(C)NCC1C. The summed E-state index contributed by atoms with van der Waals surface area (Å²) < 4.78 is 7.35. The summed E-state index contributed by atoms with van der Waals surface area (Å²) >= 11 is 0. The Morgan fingerprint density at radius 2 is 2.04 bits per heavy atom. The van der Waals surface area contributed by atoms with Crippen LogP contribution >= 0.6 is 0 Å². The average molecular weight is 380 g/mol. The Hall–Kier alpha value is -2.44. The molecule has 2 aromatic heterocycles. The van der Waals surface area contributed by atoms with Crippen molar-refractivity contribution in [2.24, 2.45) is 0 Å². The number of furan rings is 1. The lowest BCUT2D eigenvalue weighted by molar-refractivity contribution is 0.0851. The molecule has 1 fully saturated rings. The fraction of sp³-hybridized carbons (Fsp3) is 0.455. The van der Waals surface area contributed by atoms with Gasteiger partial charge in [-0.2, -0.15) is 4.98 Å². The highest BCUT2D eigenvalue weighted by atomic mass is 16.3. The molecule has 6 heteroatoms. The molecule has 4 rings (SSSR count). The third-order valence-corrected chi connectivity index (χ3v) is 5.69. The first-order valence-electron chi connectivity index (χ1n) is 10.1. The quantitative estimate of drug-likeness (QED) is 0.737. The van der Waals surface area contributed by atoms with Gasteiger partial charge in [0.2, 0.25) is 5.71 Å². The van der Waals surface area contributed by atoms with Crippen LogP contribution in [0.2, 0.25) is 0 Å². The molecule has 3 unspecified atom stereocenters. The lowest BCUT2D eigenvalue weighted by Crippen LogP contribution is -2.55. The summed E-state index contributed by atoms with van der Waals surface area (Å²) in [5, 5.41) is 4.07. The van der Waals surface area contributed by atoms with Gasteiger partial charge < -0.3 is 9.73 Å². The maximum Gasteiger partial charge on any atom is 0.265 e. The van der Waals surface area contributed by atoms with E-state index >= 15 is 0 Å². The molecule has 148 valence electrons. The smallest absolute Gasteiger partial charge is 0.265 e. The molecule has 1 aromatic carbocycles. The Morgan fingerprint density at radius 1 is 1.25 bits per heavy atom. The molecule has 1 aliphatic heterocycles. The molecule has 3 atom stereocenters. The van der Waals surface area contributed by atoms with Gasteiger partial charge in [-0.15, -0.1) is 0 Å². The molecule has 6 nitrogen and oxygen atoms in total. The van der Waals surface area contributed by atoms with Gasteiger partial charge in [-0.3, -0.25) is 14.3 Å². The minimum Gasteiger partial charge on any atom is -0.446 e. The molecular weight excluding hydrogens is 352 g/mol. The molecule has 1 saturated heterocycles. The summed E-state index contributed by atoms with van der Waals surface area (Å²) in [7, 11) is 0. The predicted octanol–water partition coefficient (Wildman–Crippen LogP) is 3.17. The molecule has 1 N–H and O–H groups in total. The highest BCUT2D eigenvalue weighted by Gasteiger charge is 2.32. The van der Waals surface area contributed by atoms with Gasteiger partial charge in [-0.05, 0) is 31.9 Å². The first-order chi connectivity index (χ1) is 13.6. The number of aromatic nitrogens is 2. The Kier molecular flexibility index (Phi) is 5.33. The van der Waals surface area contributed by atoms with Crippen molar-refractivity contribution in [1.82, 2.24) is 19.8 Å². The molecule has 0 bridgehead atoms. The van der Waals surface area contributed by atoms with E-state index in [1.165, 1.54) is 0 Å². The second-order valence-corrected chi connectivity index (χ2v) is 7.77. The molecule has 0 radical (unpaired) electrons. The van der Waals surface area contributed by atoms with Crippen molar-refractivity contribution in [2.75, 3.05) is 13.1 Å². The van der Waals surface area contributed by atoms with Crippen LogP contribution in [0.3, 0.4) is 0 Å². The number of piperazine rings is 1. The van der Waals surface area contributed by atoms with Gasteiger partial charge >= 0.3 is 0 Å². The van der Waals surface area contributed by atoms with Crippen LogP contribution in [0.1, 0.15) is 44.6 Å². The van der Waals surface area contributed by atoms with E-state index < -0.39 is 0 Å². The average Bonchev–Trinajstić information content (AvgIpc) is 3.17. The van der Waals surface area contributed by atoms with Gasteiger partial charge in [0.25, 0.3) is 5.56 Å². The molecule has 0 amide bonds. The van der Waals surface area contributed by atoms with Crippen LogP contribution in [-0.4, -0.2) is 39.6 Å². The molecule has 1 aliphatic rings. The largest absolute Gasteiger partial charge is 0.446 e. The zero-order valence-corrected chi connectivity index (χ0v) is 16.8. The number of benzene rings is 1. The van der Waals surface area contributed by atoms with Crippen molar-refractivity contribution in [2.45, 2.75) is 51.9 Å². The number of nitrogens with zero attached hydrogens (tertiary/aromatic N) is 3. The Morgan fingerprint density at radius 3 is 2.79 bits per heavy atom. The molecule has 0 aliphatic carbocycles. The lowest BCUT2D eigenvalue weighted by Gasteiger charge is -2.42. The van der Waals surface area contributed by atoms with Crippen molar-refractivity contribution >= 4 is 11.1 Å². The highest BCUT2D eigenvalue weighted by molar-refractivity contribution is 5.71. The van der Waals surface area contributed by atoms with E-state index in [4.69, 9.17) is 9.40 Å². The molecule has 3 heterocycles. The molecule has 0 spiro atoms. The monoisotopic (exact) mass is 380 g/mol. The molecule has 3 aromatic rings. The van der Waals surface area contributed by atoms with Crippen LogP contribution in [0.15, 0.2) is 51.9 Å². The zero-order chi connectivity index (χ0) is 19.7. The first-order valence-corrected chi connectivity index (χ1v) is 10.1. The van der Waals surface area contributed by atoms with E-state index in [-0.39, 0.29) is 11.6 Å². The lowest BCUT2D eigenvalue weighted by atomic mass is 10.0. The van der Waals surface area contributed by atoms with Crippen molar-refractivity contribution in [1.29, 1.82) is 0 Å². The standard InChI is InChI=1S/C22H28N4O2/c1-4-19(25-13-15(2)23-12-16(25)3)20-24-21-18(10-11-28-21)22(27)26(20)14-17-8-6-5-7-9-17/h5-11,15-16,19,23H,4,12-14H2,1-3H3. The molecule has 0 saturated carbocycles. The van der Waals surface area contributed by atoms with E-state index in [2.05, 4.69) is 31.0 Å². The summed E-state index contributed by atoms with van der Waals surface area (Å²) in [6, 6.07) is 12.6. The maximum atomic E-state index is 13.3. The van der Waals surface area contributed by atoms with Crippen molar-refractivity contribution in [3.63, 3.8) is 0 Å². The predicted molar refractivity (Wildman–Crippen MR) is 110 cm³/mol. The summed E-state index contributed by atoms with van der Waals surface area (Å²) in [5.74, 6) is 0.791. The zero-order valence-electron chi connectivity index (χ0n) is 16.8. The normalized spacial score (nSPS) is 21.8. The van der Waals surface area contributed by atoms with E-state index in [1.807, 2.05) is 34.9 Å². The van der Waals surface area contributed by atoms with Gasteiger partial charge in [0.05, 0.1) is 18.8 Å². The van der Waals surface area contributed by atoms with Crippen molar-refractivity contribution < 1.29 is 4.42 Å². The first kappa shape index (κ1) is 18.9. The second kappa shape index (κ2) is 7.89. The topological polar surface area (TPSA) is 63.3 Å². The van der Waals surface area contributed by atoms with Gasteiger partial charge in [0.1, 0.15) is 11.2 Å². The van der Waals surface area contributed by atoms with Crippen LogP contribution in [0.25, 0.3) is 11.1 Å². The summed E-state index contributed by atoms with van der Waals surface area (Å²) in [4.78, 5) is 20.6. The fourth-order valence-electron chi connectivity index (χ4n) is 4.19. The summed E-state index contributed by atoms with van der Waals surface area (Å²) in [6.07, 6.45) is 2.43. The van der Waals surface area contributed by atoms with Crippen LogP contribution in [0.5, 0.6) is 0 Å². The van der Waals surface area contributed by atoms with Crippen molar-refractivity contribution in [3.05, 3.63) is 64.4 Å². The van der Waals surface area contributed by atoms with Gasteiger partial charge in [0.15, 0.2) is 0 Å². The Bertz CT molecular complexity index is 995. The highest BCUT2D eigenvalue weighted by Crippen LogP contribution is 2.28. The van der Waals surface area contributed by atoms with Crippen molar-refractivity contribution in [3.8, 4) is 0 Å². The third kappa shape index (κ3) is 3.50. The molecular formula is C22H28N4O2. The Labute approximate surface area is 165 Å². The number of rotatable bonds is 5. The van der Waals surface area contributed by atoms with Crippen LogP contribution < -0.4 is 10.9 Å². The van der Waals surface area contributed by atoms with Crippen LogP contribution in [0.4, 0.5) is 0 Å².